The van der Waals surface area contributed by atoms with Crippen LogP contribution in [0.3, 0.4) is 0 Å². The van der Waals surface area contributed by atoms with Gasteiger partial charge in [0.2, 0.25) is 5.91 Å². The molecule has 14 heteroatoms. The lowest BCUT2D eigenvalue weighted by molar-refractivity contribution is -0.359. The van der Waals surface area contributed by atoms with Crippen LogP contribution >= 0.6 is 0 Å². The monoisotopic (exact) mass is 1320 g/mol. The van der Waals surface area contributed by atoms with E-state index in [1.807, 2.05) is 0 Å². The fourth-order valence-corrected chi connectivity index (χ4v) is 12.9. The molecule has 2 aliphatic rings. The van der Waals surface area contributed by atoms with Gasteiger partial charge in [0.25, 0.3) is 0 Å². The molecule has 2 saturated heterocycles. The zero-order chi connectivity index (χ0) is 67.3. The fourth-order valence-electron chi connectivity index (χ4n) is 12.9. The van der Waals surface area contributed by atoms with Gasteiger partial charge in [-0.15, -0.1) is 0 Å². The smallest absolute Gasteiger partial charge is 0.220 e. The van der Waals surface area contributed by atoms with Crippen molar-refractivity contribution in [1.82, 2.24) is 5.32 Å². The molecule has 2 rings (SSSR count). The van der Waals surface area contributed by atoms with Crippen molar-refractivity contribution in [2.45, 2.75) is 415 Å². The lowest BCUT2D eigenvalue weighted by Crippen LogP contribution is -2.65. The summed E-state index contributed by atoms with van der Waals surface area (Å²) >= 11 is 0. The Hall–Kier alpha value is -2.31. The van der Waals surface area contributed by atoms with Crippen LogP contribution < -0.4 is 5.32 Å². The summed E-state index contributed by atoms with van der Waals surface area (Å²) in [4.78, 5) is 13.4. The number of allylic oxidation sites excluding steroid dienone is 10. The molecule has 0 aromatic rings. The van der Waals surface area contributed by atoms with Crippen molar-refractivity contribution in [3.05, 3.63) is 60.8 Å². The number of carbonyl (C=O) groups excluding carboxylic acids is 1. The number of hydrogen-bond acceptors (Lipinski definition) is 13. The predicted octanol–water partition coefficient (Wildman–Crippen LogP) is 17.2. The minimum Gasteiger partial charge on any atom is -0.394 e. The second kappa shape index (κ2) is 63.2. The van der Waals surface area contributed by atoms with Gasteiger partial charge in [-0.2, -0.15) is 0 Å². The Bertz CT molecular complexity index is 1790. The highest BCUT2D eigenvalue weighted by Crippen LogP contribution is 2.30. The number of hydrogen-bond donors (Lipinski definition) is 9. The lowest BCUT2D eigenvalue weighted by atomic mass is 9.97. The zero-order valence-electron chi connectivity index (χ0n) is 59.5. The normalized spacial score (nSPS) is 22.9. The third-order valence-corrected chi connectivity index (χ3v) is 19.0. The Labute approximate surface area is 568 Å². The molecule has 2 aliphatic heterocycles. The molecule has 12 atom stereocenters. The molecule has 0 bridgehead atoms. The quantitative estimate of drug-likeness (QED) is 0.0204. The summed E-state index contributed by atoms with van der Waals surface area (Å²) in [6.07, 6.45) is 68.2. The summed E-state index contributed by atoms with van der Waals surface area (Å²) in [6, 6.07) is -0.832. The average molecular weight is 1320 g/mol. The van der Waals surface area contributed by atoms with Crippen molar-refractivity contribution in [1.29, 1.82) is 0 Å². The van der Waals surface area contributed by atoms with Gasteiger partial charge in [-0.25, -0.2) is 0 Å². The molecule has 12 unspecified atom stereocenters. The lowest BCUT2D eigenvalue weighted by Gasteiger charge is -2.46. The highest BCUT2D eigenvalue weighted by molar-refractivity contribution is 5.76. The van der Waals surface area contributed by atoms with E-state index in [9.17, 15) is 45.6 Å². The van der Waals surface area contributed by atoms with Crippen molar-refractivity contribution in [3.63, 3.8) is 0 Å². The molecule has 0 aliphatic carbocycles. The highest BCUT2D eigenvalue weighted by Gasteiger charge is 2.51. The van der Waals surface area contributed by atoms with Crippen molar-refractivity contribution in [2.24, 2.45) is 0 Å². The van der Waals surface area contributed by atoms with Crippen molar-refractivity contribution < 1.29 is 64.6 Å². The van der Waals surface area contributed by atoms with Gasteiger partial charge in [0.15, 0.2) is 12.6 Å². The topological polar surface area (TPSA) is 228 Å². The van der Waals surface area contributed by atoms with E-state index in [1.54, 1.807) is 0 Å². The molecule has 0 radical (unpaired) electrons. The largest absolute Gasteiger partial charge is 0.394 e. The van der Waals surface area contributed by atoms with Gasteiger partial charge in [-0.1, -0.05) is 338 Å². The van der Waals surface area contributed by atoms with Gasteiger partial charge in [0, 0.05) is 6.42 Å². The van der Waals surface area contributed by atoms with Crippen molar-refractivity contribution in [2.75, 3.05) is 19.8 Å². The van der Waals surface area contributed by atoms with Crippen LogP contribution in [-0.4, -0.2) is 140 Å². The number of carbonyl (C=O) groups is 1. The summed E-state index contributed by atoms with van der Waals surface area (Å²) in [5.41, 5.74) is 0. The van der Waals surface area contributed by atoms with E-state index in [2.05, 4.69) is 79.9 Å². The second-order valence-corrected chi connectivity index (χ2v) is 27.5. The summed E-state index contributed by atoms with van der Waals surface area (Å²) < 4.78 is 23.0. The number of ether oxygens (including phenoxy) is 4. The molecule has 1 amide bonds. The highest BCUT2D eigenvalue weighted by atomic mass is 16.7. The average Bonchev–Trinajstić information content (AvgIpc) is 0.852. The van der Waals surface area contributed by atoms with E-state index in [4.69, 9.17) is 18.9 Å². The maximum absolute atomic E-state index is 13.4. The fraction of sp³-hybridized carbons (Fsp3) is 0.861. The molecule has 2 fully saturated rings. The van der Waals surface area contributed by atoms with Crippen LogP contribution in [0.15, 0.2) is 60.8 Å². The van der Waals surface area contributed by atoms with E-state index in [1.165, 1.54) is 231 Å². The molecule has 0 saturated carbocycles. The molecule has 93 heavy (non-hydrogen) atoms. The minimum absolute atomic E-state index is 0.202. The van der Waals surface area contributed by atoms with E-state index in [0.29, 0.717) is 12.8 Å². The molecule has 14 nitrogen and oxygen atoms in total. The summed E-state index contributed by atoms with van der Waals surface area (Å²) in [6.45, 7) is 2.80. The Morgan fingerprint density at radius 3 is 1.14 bits per heavy atom. The van der Waals surface area contributed by atoms with Gasteiger partial charge in [0.1, 0.15) is 48.8 Å². The van der Waals surface area contributed by atoms with Crippen LogP contribution in [0.4, 0.5) is 0 Å². The van der Waals surface area contributed by atoms with Gasteiger partial charge in [0.05, 0.1) is 32.0 Å². The first kappa shape index (κ1) is 86.8. The van der Waals surface area contributed by atoms with Crippen LogP contribution in [-0.2, 0) is 23.7 Å². The number of aliphatic hydroxyl groups excluding tert-OH is 8. The van der Waals surface area contributed by atoms with Crippen LogP contribution in [0, 0.1) is 0 Å². The molecule has 0 spiro atoms. The summed E-state index contributed by atoms with van der Waals surface area (Å²) in [7, 11) is 0. The third kappa shape index (κ3) is 46.6. The summed E-state index contributed by atoms with van der Waals surface area (Å²) in [5.74, 6) is -0.202. The van der Waals surface area contributed by atoms with Gasteiger partial charge >= 0.3 is 0 Å². The first-order valence-electron chi connectivity index (χ1n) is 39.0. The molecule has 0 aromatic heterocycles. The number of unbranched alkanes of at least 4 members (excludes halogenated alkanes) is 42. The van der Waals surface area contributed by atoms with E-state index < -0.39 is 86.8 Å². The van der Waals surface area contributed by atoms with E-state index in [-0.39, 0.29) is 12.5 Å². The molecule has 9 N–H and O–H groups in total. The van der Waals surface area contributed by atoms with Crippen LogP contribution in [0.2, 0.25) is 0 Å². The predicted molar refractivity (Wildman–Crippen MR) is 383 cm³/mol. The zero-order valence-corrected chi connectivity index (χ0v) is 59.5. The Morgan fingerprint density at radius 2 is 0.742 bits per heavy atom. The van der Waals surface area contributed by atoms with E-state index in [0.717, 1.165) is 83.5 Å². The number of aliphatic hydroxyl groups is 8. The maximum atomic E-state index is 13.4. The van der Waals surface area contributed by atoms with Crippen LogP contribution in [0.5, 0.6) is 0 Å². The Balaban J connectivity index is 1.61. The Kier molecular flexibility index (Phi) is 58.9. The molecule has 544 valence electrons. The van der Waals surface area contributed by atoms with Crippen molar-refractivity contribution >= 4 is 5.91 Å². The molecular weight excluding hydrogens is 1170 g/mol. The second-order valence-electron chi connectivity index (χ2n) is 27.5. The first-order chi connectivity index (χ1) is 45.6. The van der Waals surface area contributed by atoms with Crippen molar-refractivity contribution in [3.8, 4) is 0 Å². The third-order valence-electron chi connectivity index (χ3n) is 19.0. The van der Waals surface area contributed by atoms with Crippen LogP contribution in [0.1, 0.15) is 341 Å². The molecular formula is C79H145NO13. The van der Waals surface area contributed by atoms with Gasteiger partial charge < -0.3 is 65.1 Å². The number of nitrogens with one attached hydrogen (secondary N) is 1. The number of rotatable bonds is 65. The summed E-state index contributed by atoms with van der Waals surface area (Å²) in [5, 5.41) is 87.8. The van der Waals surface area contributed by atoms with Crippen LogP contribution in [0.25, 0.3) is 0 Å². The molecule has 0 aromatic carbocycles. The van der Waals surface area contributed by atoms with Gasteiger partial charge in [-0.3, -0.25) is 4.79 Å². The minimum atomic E-state index is -1.78. The van der Waals surface area contributed by atoms with E-state index >= 15 is 0 Å². The van der Waals surface area contributed by atoms with Gasteiger partial charge in [-0.05, 0) is 57.8 Å². The Morgan fingerprint density at radius 1 is 0.398 bits per heavy atom. The standard InChI is InChI=1S/C79H145NO13/c1-3-5-7-9-11-13-15-17-19-21-23-25-27-29-31-32-33-34-35-36-37-39-41-43-45-47-49-51-53-55-57-59-61-63-71(84)80-67(66-90-78-76(89)74(87)77(70(65-82)92-78)93-79-75(88)73(86)72(85)69(64-81)91-79)68(83)62-60-58-56-54-52-50-48-46-44-42-40-38-30-28-26-24-22-20-18-16-14-12-10-8-6-4-2/h5,7,11,13,17,19,23,25,29,31,67-70,72-79,81-83,85-89H,3-4,6,8-10,12,14-16,18,20-22,24,26-28,30,32-66H2,1-2H3,(H,80,84)/b7-5-,13-11-,19-17-,25-23-,31-29-. The first-order valence-corrected chi connectivity index (χ1v) is 39.0. The maximum Gasteiger partial charge on any atom is 0.220 e. The molecule has 2 heterocycles. The number of amides is 1. The SMILES string of the molecule is CC/C=C\C/C=C\C/C=C\C/C=C\C/C=C\CCCCCCCCCCCCCCCCCCCC(=O)NC(COC1OC(CO)C(OC2OC(CO)C(O)C(O)C2O)C(O)C1O)C(O)CCCCCCCCCCCCCCCCCCCCCCCCCCCC.